The first kappa shape index (κ1) is 10.1. The van der Waals surface area contributed by atoms with Crippen LogP contribution in [0.2, 0.25) is 0 Å². The van der Waals surface area contributed by atoms with Gasteiger partial charge in [-0.15, -0.1) is 0 Å². The molecule has 0 atom stereocenters. The Morgan fingerprint density at radius 1 is 1.41 bits per heavy atom. The smallest absolute Gasteiger partial charge is 0.396 e. The topological polar surface area (TPSA) is 74.0 Å². The third-order valence-corrected chi connectivity index (χ3v) is 3.35. The lowest BCUT2D eigenvalue weighted by molar-refractivity contribution is 0.585. The van der Waals surface area contributed by atoms with Crippen LogP contribution in [0.25, 0.3) is 21.5 Å². The van der Waals surface area contributed by atoms with Gasteiger partial charge in [-0.05, 0) is 12.1 Å². The van der Waals surface area contributed by atoms with Crippen molar-refractivity contribution in [3.8, 4) is 11.3 Å². The lowest BCUT2D eigenvalue weighted by atomic mass is 10.1. The number of aromatic nitrogens is 2. The van der Waals surface area contributed by atoms with Crippen LogP contribution in [0.1, 0.15) is 0 Å². The zero-order valence-electron chi connectivity index (χ0n) is 9.01. The van der Waals surface area contributed by atoms with Crippen LogP contribution < -0.4 is 10.7 Å². The zero-order chi connectivity index (χ0) is 12.0. The Morgan fingerprint density at radius 3 is 2.94 bits per heavy atom. The molecule has 0 aliphatic carbocycles. The number of rotatable bonds is 1. The van der Waals surface area contributed by atoms with Gasteiger partial charge in [-0.1, -0.05) is 17.4 Å². The minimum absolute atomic E-state index is 0.294. The molecule has 0 aliphatic heterocycles. The van der Waals surface area contributed by atoms with Crippen LogP contribution in [-0.4, -0.2) is 9.78 Å². The Morgan fingerprint density at radius 2 is 2.24 bits per heavy atom. The Bertz CT molecular complexity index is 734. The van der Waals surface area contributed by atoms with Crippen LogP contribution in [-0.2, 0) is 7.05 Å². The van der Waals surface area contributed by atoms with E-state index in [-0.39, 0.29) is 4.94 Å². The fourth-order valence-corrected chi connectivity index (χ4v) is 2.30. The molecule has 0 radical (unpaired) electrons. The summed E-state index contributed by atoms with van der Waals surface area (Å²) in [4.78, 5) is 10.8. The number of nitrogens with two attached hydrogens (primary N) is 1. The van der Waals surface area contributed by atoms with Crippen LogP contribution in [0.5, 0.6) is 0 Å². The van der Waals surface area contributed by atoms with Crippen LogP contribution >= 0.6 is 11.3 Å². The van der Waals surface area contributed by atoms with E-state index in [1.807, 2.05) is 12.1 Å². The van der Waals surface area contributed by atoms with Gasteiger partial charge in [0.15, 0.2) is 0 Å². The Kier molecular flexibility index (Phi) is 2.05. The first-order chi connectivity index (χ1) is 8.13. The number of nitrogens with zero attached hydrogens (tertiary/aromatic N) is 2. The Hall–Kier alpha value is -2.08. The second-order valence-electron chi connectivity index (χ2n) is 3.69. The van der Waals surface area contributed by atoms with E-state index in [2.05, 4.69) is 5.10 Å². The monoisotopic (exact) mass is 247 g/mol. The van der Waals surface area contributed by atoms with Gasteiger partial charge in [0.1, 0.15) is 11.4 Å². The molecule has 5 nitrogen and oxygen atoms in total. The van der Waals surface area contributed by atoms with E-state index in [4.69, 9.17) is 10.2 Å². The van der Waals surface area contributed by atoms with E-state index in [0.717, 1.165) is 27.3 Å². The molecule has 1 aromatic carbocycles. The standard InChI is InChI=1S/C11H9N3O2S/c1-14-10(12)5-7(13-14)6-2-3-9-8(4-6)16-11(15)17-9/h2-5H,12H2,1H3. The first-order valence-electron chi connectivity index (χ1n) is 4.97. The quantitative estimate of drug-likeness (QED) is 0.712. The fraction of sp³-hybridized carbons (Fsp3) is 0.0909. The molecule has 0 spiro atoms. The normalized spacial score (nSPS) is 11.1. The maximum absolute atomic E-state index is 11.1. The lowest BCUT2D eigenvalue weighted by Gasteiger charge is -1.95. The summed E-state index contributed by atoms with van der Waals surface area (Å²) in [6, 6.07) is 7.33. The number of nitrogen functional groups attached to an aromatic ring is 1. The van der Waals surface area contributed by atoms with E-state index in [0.29, 0.717) is 11.4 Å². The molecule has 0 fully saturated rings. The minimum Gasteiger partial charge on any atom is -0.414 e. The average Bonchev–Trinajstić information content (AvgIpc) is 2.80. The van der Waals surface area contributed by atoms with Gasteiger partial charge in [0.2, 0.25) is 0 Å². The van der Waals surface area contributed by atoms with E-state index >= 15 is 0 Å². The summed E-state index contributed by atoms with van der Waals surface area (Å²) in [6.07, 6.45) is 0. The molecule has 3 rings (SSSR count). The van der Waals surface area contributed by atoms with Gasteiger partial charge in [-0.3, -0.25) is 4.68 Å². The van der Waals surface area contributed by atoms with Crippen molar-refractivity contribution in [3.63, 3.8) is 0 Å². The van der Waals surface area contributed by atoms with Crippen molar-refractivity contribution in [2.45, 2.75) is 0 Å². The first-order valence-corrected chi connectivity index (χ1v) is 5.79. The van der Waals surface area contributed by atoms with Gasteiger partial charge in [-0.25, -0.2) is 4.79 Å². The Labute approximate surface area is 100 Å². The number of hydrogen-bond donors (Lipinski definition) is 1. The number of anilines is 1. The summed E-state index contributed by atoms with van der Waals surface area (Å²) in [7, 11) is 1.78. The maximum atomic E-state index is 11.1. The highest BCUT2D eigenvalue weighted by Crippen LogP contribution is 2.25. The van der Waals surface area contributed by atoms with Crippen molar-refractivity contribution in [2.24, 2.45) is 7.05 Å². The molecule has 6 heteroatoms. The lowest BCUT2D eigenvalue weighted by Crippen LogP contribution is -1.96. The fourth-order valence-electron chi connectivity index (χ4n) is 1.65. The highest BCUT2D eigenvalue weighted by atomic mass is 32.1. The molecule has 0 saturated heterocycles. The molecule has 2 heterocycles. The van der Waals surface area contributed by atoms with E-state index in [9.17, 15) is 4.79 Å². The summed E-state index contributed by atoms with van der Waals surface area (Å²) in [5, 5.41) is 4.27. The highest BCUT2D eigenvalue weighted by Gasteiger charge is 2.08. The minimum atomic E-state index is -0.294. The zero-order valence-corrected chi connectivity index (χ0v) is 9.82. The number of hydrogen-bond acceptors (Lipinski definition) is 5. The molecule has 86 valence electrons. The molecule has 3 aromatic rings. The molecular weight excluding hydrogens is 238 g/mol. The number of benzene rings is 1. The van der Waals surface area contributed by atoms with Gasteiger partial charge < -0.3 is 10.2 Å². The Balaban J connectivity index is 2.20. The second kappa shape index (κ2) is 3.46. The van der Waals surface area contributed by atoms with Crippen LogP contribution in [0.15, 0.2) is 33.5 Å². The summed E-state index contributed by atoms with van der Waals surface area (Å²) in [5.74, 6) is 0.590. The van der Waals surface area contributed by atoms with Crippen molar-refractivity contribution in [1.29, 1.82) is 0 Å². The molecule has 0 amide bonds. The van der Waals surface area contributed by atoms with E-state index in [1.165, 1.54) is 0 Å². The number of fused-ring (bicyclic) bond motifs is 1. The summed E-state index contributed by atoms with van der Waals surface area (Å²) < 4.78 is 7.50. The molecule has 2 aromatic heterocycles. The summed E-state index contributed by atoms with van der Waals surface area (Å²) >= 11 is 1.09. The van der Waals surface area contributed by atoms with Crippen LogP contribution in [0.3, 0.4) is 0 Å². The molecule has 17 heavy (non-hydrogen) atoms. The third kappa shape index (κ3) is 1.62. The third-order valence-electron chi connectivity index (χ3n) is 2.54. The average molecular weight is 247 g/mol. The molecule has 0 bridgehead atoms. The van der Waals surface area contributed by atoms with Crippen molar-refractivity contribution >= 4 is 27.4 Å². The van der Waals surface area contributed by atoms with Crippen molar-refractivity contribution in [1.82, 2.24) is 9.78 Å². The summed E-state index contributed by atoms with van der Waals surface area (Å²) in [5.41, 5.74) is 7.95. The van der Waals surface area contributed by atoms with Gasteiger partial charge in [0.25, 0.3) is 0 Å². The van der Waals surface area contributed by atoms with Crippen molar-refractivity contribution in [2.75, 3.05) is 5.73 Å². The predicted molar refractivity (Wildman–Crippen MR) is 67.0 cm³/mol. The molecule has 0 aliphatic rings. The SMILES string of the molecule is Cn1nc(-c2ccc3sc(=O)oc3c2)cc1N. The van der Waals surface area contributed by atoms with Crippen LogP contribution in [0.4, 0.5) is 5.82 Å². The predicted octanol–water partition coefficient (Wildman–Crippen LogP) is 1.84. The molecule has 2 N–H and O–H groups in total. The largest absolute Gasteiger partial charge is 0.414 e. The van der Waals surface area contributed by atoms with E-state index in [1.54, 1.807) is 23.9 Å². The summed E-state index contributed by atoms with van der Waals surface area (Å²) in [6.45, 7) is 0. The molecule has 0 saturated carbocycles. The van der Waals surface area contributed by atoms with E-state index < -0.39 is 0 Å². The van der Waals surface area contributed by atoms with Crippen LogP contribution in [0, 0.1) is 0 Å². The van der Waals surface area contributed by atoms with Gasteiger partial charge >= 0.3 is 4.94 Å². The van der Waals surface area contributed by atoms with Gasteiger partial charge in [-0.2, -0.15) is 5.10 Å². The van der Waals surface area contributed by atoms with Gasteiger partial charge in [0, 0.05) is 18.7 Å². The van der Waals surface area contributed by atoms with Crippen molar-refractivity contribution < 1.29 is 4.42 Å². The van der Waals surface area contributed by atoms with Gasteiger partial charge in [0.05, 0.1) is 10.4 Å². The maximum Gasteiger partial charge on any atom is 0.396 e. The second-order valence-corrected chi connectivity index (χ2v) is 4.67. The van der Waals surface area contributed by atoms with Crippen molar-refractivity contribution in [3.05, 3.63) is 34.0 Å². The number of aryl methyl sites for hydroxylation is 1. The molecule has 0 unspecified atom stereocenters. The highest BCUT2D eigenvalue weighted by molar-refractivity contribution is 7.16. The molecular formula is C11H9N3O2S.